The van der Waals surface area contributed by atoms with E-state index in [0.717, 1.165) is 5.69 Å². The van der Waals surface area contributed by atoms with Gasteiger partial charge in [-0.2, -0.15) is 0 Å². The highest BCUT2D eigenvalue weighted by Crippen LogP contribution is 2.34. The Hall–Kier alpha value is -0.410. The second-order valence-corrected chi connectivity index (χ2v) is 6.03. The van der Waals surface area contributed by atoms with Crippen molar-refractivity contribution in [1.29, 1.82) is 0 Å². The fraction of sp³-hybridized carbons (Fsp3) is 0.786. The molecule has 1 aromatic rings. The Kier molecular flexibility index (Phi) is 5.60. The monoisotopic (exact) mass is 254 g/mol. The summed E-state index contributed by atoms with van der Waals surface area (Å²) in [5.41, 5.74) is 1.24. The van der Waals surface area contributed by atoms with Crippen molar-refractivity contribution in [3.8, 4) is 0 Å². The lowest BCUT2D eigenvalue weighted by Gasteiger charge is -2.35. The largest absolute Gasteiger partial charge is 0.303 e. The van der Waals surface area contributed by atoms with Crippen LogP contribution in [0.5, 0.6) is 0 Å². The van der Waals surface area contributed by atoms with Crippen molar-refractivity contribution in [2.24, 2.45) is 0 Å². The lowest BCUT2D eigenvalue weighted by atomic mass is 9.88. The Morgan fingerprint density at radius 1 is 1.29 bits per heavy atom. The van der Waals surface area contributed by atoms with Gasteiger partial charge < -0.3 is 5.32 Å². The minimum atomic E-state index is 0.0938. The number of aryl methyl sites for hydroxylation is 1. The molecule has 1 aromatic heterocycles. The molecule has 17 heavy (non-hydrogen) atoms. The van der Waals surface area contributed by atoms with Crippen molar-refractivity contribution in [1.82, 2.24) is 10.3 Å². The molecule has 0 amide bonds. The van der Waals surface area contributed by atoms with Gasteiger partial charge in [-0.15, -0.1) is 11.3 Å². The summed E-state index contributed by atoms with van der Waals surface area (Å²) in [5.74, 6) is 0. The topological polar surface area (TPSA) is 24.9 Å². The predicted octanol–water partition coefficient (Wildman–Crippen LogP) is 4.25. The van der Waals surface area contributed by atoms with Crippen molar-refractivity contribution in [3.05, 3.63) is 16.1 Å². The first-order valence-electron chi connectivity index (χ1n) is 6.74. The molecule has 0 fully saturated rings. The minimum Gasteiger partial charge on any atom is -0.303 e. The van der Waals surface area contributed by atoms with Crippen molar-refractivity contribution >= 4 is 11.3 Å². The molecule has 0 bridgehead atoms. The third-order valence-corrected chi connectivity index (χ3v) is 4.11. The number of rotatable bonds is 7. The average Bonchev–Trinajstić information content (AvgIpc) is 2.65. The summed E-state index contributed by atoms with van der Waals surface area (Å²) in [4.78, 5) is 4.73. The standard InChI is InChI=1S/C14H26N2S/c1-6-8-14(9-7-2,16-11(3)4)13-15-12(5)10-17-13/h10-11,16H,6-9H2,1-5H3. The molecule has 0 atom stereocenters. The summed E-state index contributed by atoms with van der Waals surface area (Å²) in [6, 6.07) is 0.498. The first-order chi connectivity index (χ1) is 8.04. The highest BCUT2D eigenvalue weighted by atomic mass is 32.1. The van der Waals surface area contributed by atoms with Gasteiger partial charge in [-0.05, 0) is 33.6 Å². The van der Waals surface area contributed by atoms with Gasteiger partial charge in [-0.25, -0.2) is 4.98 Å². The SMILES string of the molecule is CCCC(CCC)(NC(C)C)c1nc(C)cs1. The van der Waals surface area contributed by atoms with Crippen LogP contribution < -0.4 is 5.32 Å². The van der Waals surface area contributed by atoms with E-state index in [0.29, 0.717) is 6.04 Å². The third-order valence-electron chi connectivity index (χ3n) is 2.95. The fourth-order valence-corrected chi connectivity index (χ4v) is 3.55. The summed E-state index contributed by atoms with van der Waals surface area (Å²) >= 11 is 1.80. The van der Waals surface area contributed by atoms with Crippen molar-refractivity contribution in [2.45, 2.75) is 71.9 Å². The molecule has 2 nitrogen and oxygen atoms in total. The van der Waals surface area contributed by atoms with E-state index >= 15 is 0 Å². The van der Waals surface area contributed by atoms with Crippen LogP contribution in [-0.2, 0) is 5.54 Å². The van der Waals surface area contributed by atoms with Crippen LogP contribution in [0.2, 0.25) is 0 Å². The second kappa shape index (κ2) is 6.50. The summed E-state index contributed by atoms with van der Waals surface area (Å²) in [7, 11) is 0. The molecule has 3 heteroatoms. The lowest BCUT2D eigenvalue weighted by Crippen LogP contribution is -2.46. The second-order valence-electron chi connectivity index (χ2n) is 5.18. The van der Waals surface area contributed by atoms with Crippen LogP contribution in [0, 0.1) is 6.92 Å². The zero-order chi connectivity index (χ0) is 12.9. The number of aromatic nitrogens is 1. The maximum Gasteiger partial charge on any atom is 0.113 e. The first-order valence-corrected chi connectivity index (χ1v) is 7.62. The van der Waals surface area contributed by atoms with Crippen LogP contribution in [-0.4, -0.2) is 11.0 Å². The highest BCUT2D eigenvalue weighted by molar-refractivity contribution is 7.09. The van der Waals surface area contributed by atoms with Gasteiger partial charge >= 0.3 is 0 Å². The molecule has 0 aromatic carbocycles. The summed E-state index contributed by atoms with van der Waals surface area (Å²) in [5, 5.41) is 7.21. The quantitative estimate of drug-likeness (QED) is 0.787. The first kappa shape index (κ1) is 14.7. The smallest absolute Gasteiger partial charge is 0.113 e. The van der Waals surface area contributed by atoms with E-state index in [1.165, 1.54) is 30.7 Å². The zero-order valence-electron chi connectivity index (χ0n) is 11.8. The van der Waals surface area contributed by atoms with Crippen LogP contribution in [0.3, 0.4) is 0 Å². The molecule has 98 valence electrons. The van der Waals surface area contributed by atoms with E-state index in [9.17, 15) is 0 Å². The van der Waals surface area contributed by atoms with Crippen LogP contribution >= 0.6 is 11.3 Å². The molecule has 0 spiro atoms. The average molecular weight is 254 g/mol. The van der Waals surface area contributed by atoms with E-state index in [1.807, 2.05) is 0 Å². The number of nitrogens with zero attached hydrogens (tertiary/aromatic N) is 1. The molecule has 0 radical (unpaired) electrons. The van der Waals surface area contributed by atoms with Crippen LogP contribution in [0.25, 0.3) is 0 Å². The Labute approximate surface area is 110 Å². The predicted molar refractivity (Wildman–Crippen MR) is 76.6 cm³/mol. The number of nitrogens with one attached hydrogen (secondary N) is 1. The highest BCUT2D eigenvalue weighted by Gasteiger charge is 2.33. The normalized spacial score (nSPS) is 12.4. The summed E-state index contributed by atoms with van der Waals surface area (Å²) in [6.45, 7) is 11.0. The van der Waals surface area contributed by atoms with E-state index in [-0.39, 0.29) is 5.54 Å². The molecule has 0 unspecified atom stereocenters. The van der Waals surface area contributed by atoms with E-state index in [2.05, 4.69) is 45.3 Å². The van der Waals surface area contributed by atoms with E-state index in [4.69, 9.17) is 4.98 Å². The van der Waals surface area contributed by atoms with Crippen molar-refractivity contribution in [2.75, 3.05) is 0 Å². The van der Waals surface area contributed by atoms with Crippen molar-refractivity contribution < 1.29 is 0 Å². The molecule has 1 rings (SSSR count). The molecule has 0 aliphatic carbocycles. The molecule has 1 N–H and O–H groups in total. The van der Waals surface area contributed by atoms with Gasteiger partial charge in [0.05, 0.1) is 5.54 Å². The Morgan fingerprint density at radius 2 is 1.88 bits per heavy atom. The van der Waals surface area contributed by atoms with Crippen molar-refractivity contribution in [3.63, 3.8) is 0 Å². The number of thiazole rings is 1. The maximum absolute atomic E-state index is 4.73. The molecule has 1 heterocycles. The van der Waals surface area contributed by atoms with Crippen LogP contribution in [0.4, 0.5) is 0 Å². The molecule has 0 aliphatic heterocycles. The maximum atomic E-state index is 4.73. The van der Waals surface area contributed by atoms with Gasteiger partial charge in [0.15, 0.2) is 0 Å². The van der Waals surface area contributed by atoms with Gasteiger partial charge in [-0.1, -0.05) is 26.7 Å². The van der Waals surface area contributed by atoms with E-state index < -0.39 is 0 Å². The Bertz CT molecular complexity index is 325. The van der Waals surface area contributed by atoms with E-state index in [1.54, 1.807) is 11.3 Å². The van der Waals surface area contributed by atoms with Gasteiger partial charge in [0, 0.05) is 17.1 Å². The van der Waals surface area contributed by atoms with Gasteiger partial charge in [0.1, 0.15) is 5.01 Å². The fourth-order valence-electron chi connectivity index (χ4n) is 2.52. The van der Waals surface area contributed by atoms with Crippen LogP contribution in [0.1, 0.15) is 64.1 Å². The minimum absolute atomic E-state index is 0.0938. The molecule has 0 saturated carbocycles. The van der Waals surface area contributed by atoms with Crippen LogP contribution in [0.15, 0.2) is 5.38 Å². The van der Waals surface area contributed by atoms with Gasteiger partial charge in [-0.3, -0.25) is 0 Å². The zero-order valence-corrected chi connectivity index (χ0v) is 12.7. The molecule has 0 saturated heterocycles. The third kappa shape index (κ3) is 3.78. The van der Waals surface area contributed by atoms with Gasteiger partial charge in [0.2, 0.25) is 0 Å². The Balaban J connectivity index is 3.03. The molecular formula is C14H26N2S. The molecular weight excluding hydrogens is 228 g/mol. The lowest BCUT2D eigenvalue weighted by molar-refractivity contribution is 0.257. The number of hydrogen-bond donors (Lipinski definition) is 1. The summed E-state index contributed by atoms with van der Waals surface area (Å²) < 4.78 is 0. The summed E-state index contributed by atoms with van der Waals surface area (Å²) in [6.07, 6.45) is 4.73. The molecule has 0 aliphatic rings. The number of hydrogen-bond acceptors (Lipinski definition) is 3. The Morgan fingerprint density at radius 3 is 2.24 bits per heavy atom. The van der Waals surface area contributed by atoms with Gasteiger partial charge in [0.25, 0.3) is 0 Å².